The molecule has 15 heavy (non-hydrogen) atoms. The third-order valence-electron chi connectivity index (χ3n) is 2.07. The maximum Gasteiger partial charge on any atom is 0.168 e. The minimum absolute atomic E-state index is 0.381. The highest BCUT2D eigenvalue weighted by Crippen LogP contribution is 2.16. The van der Waals surface area contributed by atoms with E-state index in [0.29, 0.717) is 5.84 Å². The van der Waals surface area contributed by atoms with E-state index in [1.54, 1.807) is 13.1 Å². The lowest BCUT2D eigenvalue weighted by Gasteiger charge is -2.03. The van der Waals surface area contributed by atoms with E-state index < -0.39 is 0 Å². The van der Waals surface area contributed by atoms with Crippen molar-refractivity contribution in [1.82, 2.24) is 15.0 Å². The number of oxime groups is 1. The smallest absolute Gasteiger partial charge is 0.168 e. The fourth-order valence-corrected chi connectivity index (χ4v) is 1.32. The molecule has 0 bridgehead atoms. The van der Waals surface area contributed by atoms with Crippen LogP contribution in [0.3, 0.4) is 0 Å². The molecule has 0 amide bonds. The largest absolute Gasteiger partial charge is 0.409 e. The topological polar surface area (TPSA) is 63.3 Å². The summed E-state index contributed by atoms with van der Waals surface area (Å²) in [6.45, 7) is 1.65. The van der Waals surface area contributed by atoms with Gasteiger partial charge in [0.2, 0.25) is 0 Å². The van der Waals surface area contributed by atoms with Gasteiger partial charge in [0.05, 0.1) is 11.9 Å². The van der Waals surface area contributed by atoms with E-state index >= 15 is 0 Å². The van der Waals surface area contributed by atoms with Crippen molar-refractivity contribution >= 4 is 5.84 Å². The number of rotatable bonds is 1. The molecule has 0 aliphatic heterocycles. The molecular weight excluding hydrogens is 192 g/mol. The van der Waals surface area contributed by atoms with Gasteiger partial charge in [-0.3, -0.25) is 0 Å². The molecule has 1 heterocycles. The predicted molar refractivity (Wildman–Crippen MR) is 55.8 cm³/mol. The summed E-state index contributed by atoms with van der Waals surface area (Å²) < 4.78 is 1.48. The first-order valence-electron chi connectivity index (χ1n) is 4.48. The Morgan fingerprint density at radius 1 is 1.33 bits per heavy atom. The van der Waals surface area contributed by atoms with Crippen LogP contribution in [0.2, 0.25) is 0 Å². The molecule has 1 N–H and O–H groups in total. The molecule has 1 aromatic heterocycles. The Hall–Kier alpha value is -2.17. The van der Waals surface area contributed by atoms with Crippen LogP contribution in [-0.4, -0.2) is 26.0 Å². The van der Waals surface area contributed by atoms with Gasteiger partial charge >= 0.3 is 0 Å². The molecule has 1 aromatic carbocycles. The molecule has 0 spiro atoms. The second-order valence-corrected chi connectivity index (χ2v) is 3.04. The number of nitrogens with zero attached hydrogens (tertiary/aromatic N) is 4. The minimum Gasteiger partial charge on any atom is -0.409 e. The van der Waals surface area contributed by atoms with Gasteiger partial charge in [-0.25, -0.2) is 0 Å². The van der Waals surface area contributed by atoms with Crippen molar-refractivity contribution in [2.75, 3.05) is 0 Å². The van der Waals surface area contributed by atoms with Crippen molar-refractivity contribution in [2.24, 2.45) is 5.16 Å². The standard InChI is InChI=1S/C10H10N4O/c1-8(12-15)14-10(7-11-13-14)9-5-3-2-4-6-9/h2-7,15H,1H3. The second-order valence-electron chi connectivity index (χ2n) is 3.04. The van der Waals surface area contributed by atoms with Crippen LogP contribution in [0.5, 0.6) is 0 Å². The van der Waals surface area contributed by atoms with Crippen LogP contribution in [0.4, 0.5) is 0 Å². The summed E-state index contributed by atoms with van der Waals surface area (Å²) >= 11 is 0. The van der Waals surface area contributed by atoms with Gasteiger partial charge in [0, 0.05) is 5.56 Å². The molecule has 2 rings (SSSR count). The molecule has 0 unspecified atom stereocenters. The van der Waals surface area contributed by atoms with Crippen LogP contribution in [-0.2, 0) is 0 Å². The molecule has 0 radical (unpaired) electrons. The van der Waals surface area contributed by atoms with E-state index in [4.69, 9.17) is 5.21 Å². The Morgan fingerprint density at radius 3 is 2.73 bits per heavy atom. The highest BCUT2D eigenvalue weighted by atomic mass is 16.4. The molecule has 0 saturated carbocycles. The predicted octanol–water partition coefficient (Wildman–Crippen LogP) is 1.60. The summed E-state index contributed by atoms with van der Waals surface area (Å²) in [5.74, 6) is 0.381. The third-order valence-corrected chi connectivity index (χ3v) is 2.07. The van der Waals surface area contributed by atoms with Crippen molar-refractivity contribution in [1.29, 1.82) is 0 Å². The van der Waals surface area contributed by atoms with Crippen molar-refractivity contribution in [3.05, 3.63) is 36.5 Å². The highest BCUT2D eigenvalue weighted by molar-refractivity contribution is 5.84. The fraction of sp³-hybridized carbons (Fsp3) is 0.100. The molecule has 0 fully saturated rings. The summed E-state index contributed by atoms with van der Waals surface area (Å²) in [6, 6.07) is 9.68. The van der Waals surface area contributed by atoms with Gasteiger partial charge in [-0.1, -0.05) is 40.7 Å². The number of benzene rings is 1. The van der Waals surface area contributed by atoms with E-state index in [9.17, 15) is 0 Å². The van der Waals surface area contributed by atoms with E-state index in [1.807, 2.05) is 30.3 Å². The number of aromatic nitrogens is 3. The van der Waals surface area contributed by atoms with Gasteiger partial charge in [-0.05, 0) is 6.92 Å². The van der Waals surface area contributed by atoms with Crippen LogP contribution in [0.25, 0.3) is 11.3 Å². The Balaban J connectivity index is 2.51. The summed E-state index contributed by atoms with van der Waals surface area (Å²) in [4.78, 5) is 0. The first-order valence-corrected chi connectivity index (χ1v) is 4.48. The van der Waals surface area contributed by atoms with Gasteiger partial charge < -0.3 is 5.21 Å². The first kappa shape index (κ1) is 9.39. The van der Waals surface area contributed by atoms with Gasteiger partial charge in [0.15, 0.2) is 5.84 Å². The van der Waals surface area contributed by atoms with Crippen LogP contribution in [0.15, 0.2) is 41.7 Å². The van der Waals surface area contributed by atoms with Crippen LogP contribution in [0.1, 0.15) is 6.92 Å². The van der Waals surface area contributed by atoms with Gasteiger partial charge in [0.1, 0.15) is 0 Å². The SMILES string of the molecule is CC(=NO)n1nncc1-c1ccccc1. The maximum atomic E-state index is 8.68. The quantitative estimate of drug-likeness (QED) is 0.330. The van der Waals surface area contributed by atoms with E-state index in [1.165, 1.54) is 4.68 Å². The summed E-state index contributed by atoms with van der Waals surface area (Å²) in [6.07, 6.45) is 1.63. The molecular formula is C10H10N4O. The number of hydrogen-bond acceptors (Lipinski definition) is 4. The summed E-state index contributed by atoms with van der Waals surface area (Å²) in [7, 11) is 0. The summed E-state index contributed by atoms with van der Waals surface area (Å²) in [5, 5.41) is 19.4. The summed E-state index contributed by atoms with van der Waals surface area (Å²) in [5.41, 5.74) is 1.77. The fourth-order valence-electron chi connectivity index (χ4n) is 1.32. The average molecular weight is 202 g/mol. The molecule has 5 nitrogen and oxygen atoms in total. The molecule has 0 atom stereocenters. The molecule has 76 valence electrons. The lowest BCUT2D eigenvalue weighted by Crippen LogP contribution is -2.10. The van der Waals surface area contributed by atoms with Crippen molar-refractivity contribution < 1.29 is 5.21 Å². The van der Waals surface area contributed by atoms with Crippen molar-refractivity contribution in [3.63, 3.8) is 0 Å². The maximum absolute atomic E-state index is 8.68. The Labute approximate surface area is 86.7 Å². The highest BCUT2D eigenvalue weighted by Gasteiger charge is 2.08. The zero-order valence-electron chi connectivity index (χ0n) is 8.20. The monoisotopic (exact) mass is 202 g/mol. The van der Waals surface area contributed by atoms with E-state index in [-0.39, 0.29) is 0 Å². The zero-order chi connectivity index (χ0) is 10.7. The average Bonchev–Trinajstić information content (AvgIpc) is 2.78. The molecule has 5 heteroatoms. The Bertz CT molecular complexity index is 475. The van der Waals surface area contributed by atoms with Crippen LogP contribution < -0.4 is 0 Å². The minimum atomic E-state index is 0.381. The van der Waals surface area contributed by atoms with Gasteiger partial charge in [-0.15, -0.1) is 5.10 Å². The second kappa shape index (κ2) is 3.91. The molecule has 0 aliphatic rings. The van der Waals surface area contributed by atoms with Crippen molar-refractivity contribution in [2.45, 2.75) is 6.92 Å². The van der Waals surface area contributed by atoms with E-state index in [0.717, 1.165) is 11.3 Å². The number of hydrogen-bond donors (Lipinski definition) is 1. The van der Waals surface area contributed by atoms with E-state index in [2.05, 4.69) is 15.5 Å². The van der Waals surface area contributed by atoms with Crippen molar-refractivity contribution in [3.8, 4) is 11.3 Å². The molecule has 2 aromatic rings. The van der Waals surface area contributed by atoms with Gasteiger partial charge in [0.25, 0.3) is 0 Å². The lowest BCUT2D eigenvalue weighted by molar-refractivity contribution is 0.316. The molecule has 0 aliphatic carbocycles. The van der Waals surface area contributed by atoms with Crippen LogP contribution >= 0.6 is 0 Å². The normalized spacial score (nSPS) is 11.7. The zero-order valence-corrected chi connectivity index (χ0v) is 8.20. The molecule has 0 saturated heterocycles. The Kier molecular flexibility index (Phi) is 2.45. The van der Waals surface area contributed by atoms with Gasteiger partial charge in [-0.2, -0.15) is 4.68 Å². The lowest BCUT2D eigenvalue weighted by atomic mass is 10.2. The van der Waals surface area contributed by atoms with Crippen LogP contribution in [0, 0.1) is 0 Å². The first-order chi connectivity index (χ1) is 7.33. The Morgan fingerprint density at radius 2 is 2.07 bits per heavy atom. The third kappa shape index (κ3) is 1.71.